The first-order chi connectivity index (χ1) is 13.5. The van der Waals surface area contributed by atoms with E-state index in [1.165, 1.54) is 17.9 Å². The molecule has 144 valence electrons. The van der Waals surface area contributed by atoms with Gasteiger partial charge in [-0.3, -0.25) is 9.59 Å². The van der Waals surface area contributed by atoms with Crippen LogP contribution in [-0.4, -0.2) is 46.2 Å². The van der Waals surface area contributed by atoms with Crippen molar-refractivity contribution >= 4 is 17.5 Å². The molecule has 3 rings (SSSR count). The molecule has 10 nitrogen and oxygen atoms in total. The quantitative estimate of drug-likeness (QED) is 0.624. The van der Waals surface area contributed by atoms with Crippen molar-refractivity contribution in [3.05, 3.63) is 59.4 Å². The first kappa shape index (κ1) is 18.8. The summed E-state index contributed by atoms with van der Waals surface area (Å²) in [4.78, 5) is 24.4. The standard InChI is InChI=1S/C18H18N6O4/c1-27-12-8-6-11(7-9-12)10-24-17(21-22-23-24)18(26)20-13-4-3-5-14(28-2)15(13)16(19)25/h3-9H,10H2,1-2H3,(H2,19,25)(H,20,26). The molecule has 0 aliphatic rings. The molecule has 1 heterocycles. The molecule has 3 N–H and O–H groups in total. The maximum Gasteiger partial charge on any atom is 0.295 e. The highest BCUT2D eigenvalue weighted by Crippen LogP contribution is 2.26. The zero-order valence-electron chi connectivity index (χ0n) is 15.2. The van der Waals surface area contributed by atoms with Gasteiger partial charge in [0.15, 0.2) is 0 Å². The molecule has 1 aromatic heterocycles. The minimum absolute atomic E-state index is 0.0194. The van der Waals surface area contributed by atoms with E-state index in [4.69, 9.17) is 15.2 Å². The highest BCUT2D eigenvalue weighted by molar-refractivity contribution is 6.08. The Morgan fingerprint density at radius 1 is 1.11 bits per heavy atom. The molecule has 3 aromatic rings. The Bertz CT molecular complexity index is 1000. The predicted molar refractivity (Wildman–Crippen MR) is 99.4 cm³/mol. The Labute approximate surface area is 160 Å². The van der Waals surface area contributed by atoms with Crippen LogP contribution in [0.3, 0.4) is 0 Å². The lowest BCUT2D eigenvalue weighted by atomic mass is 10.1. The van der Waals surface area contributed by atoms with Gasteiger partial charge in [0.05, 0.1) is 26.5 Å². The number of aromatic nitrogens is 4. The van der Waals surface area contributed by atoms with Gasteiger partial charge in [-0.1, -0.05) is 18.2 Å². The Morgan fingerprint density at radius 2 is 1.86 bits per heavy atom. The van der Waals surface area contributed by atoms with Crippen molar-refractivity contribution in [2.24, 2.45) is 5.73 Å². The smallest absolute Gasteiger partial charge is 0.295 e. The Balaban J connectivity index is 1.83. The van der Waals surface area contributed by atoms with E-state index in [0.717, 1.165) is 11.3 Å². The summed E-state index contributed by atoms with van der Waals surface area (Å²) in [5, 5.41) is 13.8. The summed E-state index contributed by atoms with van der Waals surface area (Å²) < 4.78 is 11.6. The van der Waals surface area contributed by atoms with Gasteiger partial charge in [-0.05, 0) is 40.3 Å². The van der Waals surface area contributed by atoms with Gasteiger partial charge in [-0.2, -0.15) is 0 Å². The number of primary amides is 1. The fourth-order valence-corrected chi connectivity index (χ4v) is 2.62. The number of amides is 2. The van der Waals surface area contributed by atoms with Crippen LogP contribution in [-0.2, 0) is 6.54 Å². The molecule has 0 unspecified atom stereocenters. The maximum atomic E-state index is 12.7. The highest BCUT2D eigenvalue weighted by atomic mass is 16.5. The second-order valence-corrected chi connectivity index (χ2v) is 5.71. The summed E-state index contributed by atoms with van der Waals surface area (Å²) in [5.41, 5.74) is 6.56. The van der Waals surface area contributed by atoms with E-state index in [2.05, 4.69) is 20.8 Å². The topological polar surface area (TPSA) is 134 Å². The fourth-order valence-electron chi connectivity index (χ4n) is 2.62. The molecular formula is C18H18N6O4. The number of tetrazole rings is 1. The molecule has 0 aliphatic heterocycles. The minimum Gasteiger partial charge on any atom is -0.497 e. The molecular weight excluding hydrogens is 364 g/mol. The van der Waals surface area contributed by atoms with Crippen LogP contribution in [0, 0.1) is 0 Å². The number of carbonyl (C=O) groups is 2. The fraction of sp³-hybridized carbons (Fsp3) is 0.167. The summed E-state index contributed by atoms with van der Waals surface area (Å²) in [5.74, 6) is -0.368. The van der Waals surface area contributed by atoms with Gasteiger partial charge in [0.2, 0.25) is 5.82 Å². The molecule has 0 spiro atoms. The number of methoxy groups -OCH3 is 2. The molecule has 10 heteroatoms. The molecule has 0 bridgehead atoms. The Hall–Kier alpha value is -3.95. The van der Waals surface area contributed by atoms with E-state index < -0.39 is 11.8 Å². The lowest BCUT2D eigenvalue weighted by Crippen LogP contribution is -2.22. The molecule has 28 heavy (non-hydrogen) atoms. The van der Waals surface area contributed by atoms with Gasteiger partial charge in [0.1, 0.15) is 17.1 Å². The van der Waals surface area contributed by atoms with Crippen molar-refractivity contribution in [3.63, 3.8) is 0 Å². The third kappa shape index (κ3) is 3.90. The largest absolute Gasteiger partial charge is 0.497 e. The van der Waals surface area contributed by atoms with Gasteiger partial charge in [0.25, 0.3) is 11.8 Å². The van der Waals surface area contributed by atoms with Crippen LogP contribution in [0.15, 0.2) is 42.5 Å². The number of hydrogen-bond acceptors (Lipinski definition) is 7. The number of nitrogens with one attached hydrogen (secondary N) is 1. The summed E-state index contributed by atoms with van der Waals surface area (Å²) in [6, 6.07) is 12.0. The minimum atomic E-state index is -0.731. The highest BCUT2D eigenvalue weighted by Gasteiger charge is 2.20. The van der Waals surface area contributed by atoms with Crippen LogP contribution in [0.25, 0.3) is 0 Å². The average Bonchev–Trinajstić information content (AvgIpc) is 3.16. The Kier molecular flexibility index (Phi) is 5.49. The van der Waals surface area contributed by atoms with Crippen molar-refractivity contribution < 1.29 is 19.1 Å². The molecule has 0 fully saturated rings. The van der Waals surface area contributed by atoms with E-state index in [1.54, 1.807) is 31.4 Å². The molecule has 0 saturated heterocycles. The van der Waals surface area contributed by atoms with Gasteiger partial charge in [-0.15, -0.1) is 5.10 Å². The van der Waals surface area contributed by atoms with Gasteiger partial charge < -0.3 is 20.5 Å². The lowest BCUT2D eigenvalue weighted by Gasteiger charge is -2.12. The number of nitrogens with zero attached hydrogens (tertiary/aromatic N) is 4. The van der Waals surface area contributed by atoms with Gasteiger partial charge in [0, 0.05) is 0 Å². The lowest BCUT2D eigenvalue weighted by molar-refractivity contribution is 0.0998. The molecule has 0 radical (unpaired) electrons. The zero-order valence-corrected chi connectivity index (χ0v) is 15.2. The number of carbonyl (C=O) groups excluding carboxylic acids is 2. The summed E-state index contributed by atoms with van der Waals surface area (Å²) in [6.45, 7) is 0.278. The predicted octanol–water partition coefficient (Wildman–Crippen LogP) is 1.09. The Morgan fingerprint density at radius 3 is 2.50 bits per heavy atom. The number of ether oxygens (including phenoxy) is 2. The maximum absolute atomic E-state index is 12.7. The molecule has 0 aliphatic carbocycles. The van der Waals surface area contributed by atoms with Crippen LogP contribution in [0.2, 0.25) is 0 Å². The normalized spacial score (nSPS) is 10.4. The molecule has 0 atom stereocenters. The third-order valence-corrected chi connectivity index (χ3v) is 3.97. The third-order valence-electron chi connectivity index (χ3n) is 3.97. The number of nitrogens with two attached hydrogens (primary N) is 1. The number of hydrogen-bond donors (Lipinski definition) is 2. The summed E-state index contributed by atoms with van der Waals surface area (Å²) in [6.07, 6.45) is 0. The van der Waals surface area contributed by atoms with Crippen molar-refractivity contribution in [2.45, 2.75) is 6.54 Å². The first-order valence-electron chi connectivity index (χ1n) is 8.20. The monoisotopic (exact) mass is 382 g/mol. The van der Waals surface area contributed by atoms with Crippen LogP contribution >= 0.6 is 0 Å². The van der Waals surface area contributed by atoms with Crippen LogP contribution in [0.1, 0.15) is 26.5 Å². The van der Waals surface area contributed by atoms with Crippen LogP contribution in [0.4, 0.5) is 5.69 Å². The number of rotatable bonds is 7. The number of anilines is 1. The van der Waals surface area contributed by atoms with Gasteiger partial charge >= 0.3 is 0 Å². The molecule has 0 saturated carbocycles. The number of benzene rings is 2. The average molecular weight is 382 g/mol. The summed E-state index contributed by atoms with van der Waals surface area (Å²) in [7, 11) is 2.99. The van der Waals surface area contributed by atoms with Crippen molar-refractivity contribution in [3.8, 4) is 11.5 Å². The van der Waals surface area contributed by atoms with Crippen molar-refractivity contribution in [1.82, 2.24) is 20.2 Å². The molecule has 2 amide bonds. The SMILES string of the molecule is COc1ccc(Cn2nnnc2C(=O)Nc2cccc(OC)c2C(N)=O)cc1. The van der Waals surface area contributed by atoms with E-state index >= 15 is 0 Å². The second kappa shape index (κ2) is 8.16. The summed E-state index contributed by atoms with van der Waals surface area (Å²) >= 11 is 0. The zero-order chi connectivity index (χ0) is 20.1. The van der Waals surface area contributed by atoms with Crippen LogP contribution in [0.5, 0.6) is 11.5 Å². The first-order valence-corrected chi connectivity index (χ1v) is 8.20. The second-order valence-electron chi connectivity index (χ2n) is 5.71. The van der Waals surface area contributed by atoms with E-state index in [-0.39, 0.29) is 29.4 Å². The van der Waals surface area contributed by atoms with Crippen molar-refractivity contribution in [1.29, 1.82) is 0 Å². The van der Waals surface area contributed by atoms with E-state index in [1.807, 2.05) is 12.1 Å². The van der Waals surface area contributed by atoms with E-state index in [9.17, 15) is 9.59 Å². The van der Waals surface area contributed by atoms with Crippen LogP contribution < -0.4 is 20.5 Å². The van der Waals surface area contributed by atoms with Gasteiger partial charge in [-0.25, -0.2) is 4.68 Å². The van der Waals surface area contributed by atoms with Crippen molar-refractivity contribution in [2.75, 3.05) is 19.5 Å². The van der Waals surface area contributed by atoms with E-state index in [0.29, 0.717) is 0 Å². The molecule has 2 aromatic carbocycles.